The third-order valence-corrected chi connectivity index (χ3v) is 6.14. The van der Waals surface area contributed by atoms with E-state index in [9.17, 15) is 0 Å². The highest BCUT2D eigenvalue weighted by Gasteiger charge is 2.22. The first-order valence-corrected chi connectivity index (χ1v) is 10.9. The predicted octanol–water partition coefficient (Wildman–Crippen LogP) is 0.269. The van der Waals surface area contributed by atoms with Crippen LogP contribution in [0.2, 0.25) is 0 Å². The molecule has 0 unspecified atom stereocenters. The minimum absolute atomic E-state index is 0.217. The monoisotopic (exact) mass is 423 g/mol. The molecule has 2 aliphatic rings. The van der Waals surface area contributed by atoms with Crippen LogP contribution >= 0.6 is 0 Å². The van der Waals surface area contributed by atoms with Crippen molar-refractivity contribution in [3.63, 3.8) is 0 Å². The number of piperazine rings is 2. The van der Waals surface area contributed by atoms with Crippen LogP contribution in [0.5, 0.6) is 0 Å². The maximum atomic E-state index is 9.09. The summed E-state index contributed by atoms with van der Waals surface area (Å²) in [7, 11) is 0. The van der Waals surface area contributed by atoms with Crippen molar-refractivity contribution in [2.75, 3.05) is 80.2 Å². The average Bonchev–Trinajstić information content (AvgIpc) is 3.20. The molecule has 0 bridgehead atoms. The molecule has 0 aromatic carbocycles. The zero-order valence-electron chi connectivity index (χ0n) is 17.9. The van der Waals surface area contributed by atoms with E-state index in [1.54, 1.807) is 0 Å². The maximum Gasteiger partial charge on any atom is 0.154 e. The summed E-state index contributed by atoms with van der Waals surface area (Å²) in [6, 6.07) is 6.24. The van der Waals surface area contributed by atoms with Crippen LogP contribution in [-0.4, -0.2) is 100 Å². The Morgan fingerprint density at radius 2 is 1.48 bits per heavy atom. The summed E-state index contributed by atoms with van der Waals surface area (Å²) >= 11 is 0. The Morgan fingerprint density at radius 1 is 0.871 bits per heavy atom. The lowest BCUT2D eigenvalue weighted by Crippen LogP contribution is -2.48. The van der Waals surface area contributed by atoms with Gasteiger partial charge in [0.15, 0.2) is 17.5 Å². The van der Waals surface area contributed by atoms with Crippen molar-refractivity contribution >= 4 is 23.0 Å². The fraction of sp³-hybridized carbons (Fsp3) is 0.524. The van der Waals surface area contributed by atoms with Gasteiger partial charge in [0.2, 0.25) is 0 Å². The van der Waals surface area contributed by atoms with Crippen molar-refractivity contribution in [2.45, 2.75) is 6.92 Å². The summed E-state index contributed by atoms with van der Waals surface area (Å²) in [5, 5.41) is 22.6. The van der Waals surface area contributed by atoms with E-state index in [0.29, 0.717) is 0 Å². The van der Waals surface area contributed by atoms with Gasteiger partial charge in [-0.15, -0.1) is 10.2 Å². The molecule has 2 fully saturated rings. The summed E-state index contributed by atoms with van der Waals surface area (Å²) in [4.78, 5) is 13.8. The predicted molar refractivity (Wildman–Crippen MR) is 120 cm³/mol. The van der Waals surface area contributed by atoms with Crippen molar-refractivity contribution in [2.24, 2.45) is 0 Å². The third kappa shape index (κ3) is 4.13. The molecular weight excluding hydrogens is 394 g/mol. The molecule has 5 heterocycles. The Hall–Kier alpha value is -2.98. The van der Waals surface area contributed by atoms with Crippen LogP contribution in [0, 0.1) is 6.92 Å². The maximum absolute atomic E-state index is 9.09. The van der Waals surface area contributed by atoms with Gasteiger partial charge in [-0.2, -0.15) is 5.10 Å². The molecule has 2 saturated heterocycles. The van der Waals surface area contributed by atoms with E-state index in [2.05, 4.69) is 58.1 Å². The fourth-order valence-corrected chi connectivity index (χ4v) is 4.42. The second-order valence-corrected chi connectivity index (χ2v) is 8.14. The highest BCUT2D eigenvalue weighted by Crippen LogP contribution is 2.23. The highest BCUT2D eigenvalue weighted by molar-refractivity contribution is 5.69. The molecule has 1 N–H and O–H groups in total. The van der Waals surface area contributed by atoms with Crippen LogP contribution in [0.4, 0.5) is 17.5 Å². The molecule has 0 saturated carbocycles. The number of fused-ring (bicyclic) bond motifs is 1. The number of aliphatic hydroxyl groups is 1. The van der Waals surface area contributed by atoms with Crippen LogP contribution in [0.25, 0.3) is 5.52 Å². The molecule has 0 radical (unpaired) electrons. The Labute approximate surface area is 181 Å². The minimum Gasteiger partial charge on any atom is -0.395 e. The van der Waals surface area contributed by atoms with Gasteiger partial charge >= 0.3 is 0 Å². The lowest BCUT2D eigenvalue weighted by molar-refractivity contribution is 0.188. The first-order valence-electron chi connectivity index (χ1n) is 10.9. The molecule has 2 aliphatic heterocycles. The highest BCUT2D eigenvalue weighted by atomic mass is 16.3. The second-order valence-electron chi connectivity index (χ2n) is 8.14. The number of hydrogen-bond donors (Lipinski definition) is 1. The van der Waals surface area contributed by atoms with Crippen LogP contribution in [0.3, 0.4) is 0 Å². The van der Waals surface area contributed by atoms with Crippen molar-refractivity contribution in [3.8, 4) is 0 Å². The molecule has 164 valence electrons. The number of rotatable bonds is 5. The van der Waals surface area contributed by atoms with Crippen molar-refractivity contribution in [1.29, 1.82) is 0 Å². The smallest absolute Gasteiger partial charge is 0.154 e. The Bertz CT molecular complexity index is 1010. The van der Waals surface area contributed by atoms with Gasteiger partial charge in [-0.25, -0.2) is 9.50 Å². The lowest BCUT2D eigenvalue weighted by Gasteiger charge is -2.36. The Kier molecular flexibility index (Phi) is 5.56. The molecule has 0 aliphatic carbocycles. The molecular formula is C21H29N9O. The van der Waals surface area contributed by atoms with Gasteiger partial charge in [-0.05, 0) is 25.1 Å². The number of aryl methyl sites for hydroxylation is 1. The van der Waals surface area contributed by atoms with Gasteiger partial charge < -0.3 is 19.8 Å². The molecule has 31 heavy (non-hydrogen) atoms. The third-order valence-electron chi connectivity index (χ3n) is 6.14. The molecule has 0 amide bonds. The number of β-amino-alcohol motifs (C(OH)–C–C–N with tert-alkyl or cyclic N) is 1. The van der Waals surface area contributed by atoms with Crippen molar-refractivity contribution in [1.82, 2.24) is 29.7 Å². The van der Waals surface area contributed by atoms with E-state index in [-0.39, 0.29) is 6.61 Å². The summed E-state index contributed by atoms with van der Waals surface area (Å²) in [6.45, 7) is 10.2. The van der Waals surface area contributed by atoms with E-state index < -0.39 is 0 Å². The average molecular weight is 424 g/mol. The molecule has 3 aromatic rings. The Morgan fingerprint density at radius 3 is 2.10 bits per heavy atom. The molecule has 0 atom stereocenters. The van der Waals surface area contributed by atoms with Gasteiger partial charge in [0.05, 0.1) is 12.3 Å². The van der Waals surface area contributed by atoms with E-state index in [1.807, 2.05) is 23.8 Å². The molecule has 0 spiro atoms. The fourth-order valence-electron chi connectivity index (χ4n) is 4.42. The van der Waals surface area contributed by atoms with Crippen molar-refractivity contribution in [3.05, 3.63) is 36.3 Å². The molecule has 10 nitrogen and oxygen atoms in total. The molecule has 3 aromatic heterocycles. The zero-order valence-corrected chi connectivity index (χ0v) is 17.9. The SMILES string of the molecule is Cc1cc2c(N3CCN(c4ccc(N5CCN(CCO)CC5)nn4)CC3)nccn2n1. The normalized spacial score (nSPS) is 18.2. The standard InChI is InChI=1S/C21H29N9O/c1-17-16-18-21(22-4-5-30(18)25-17)29-12-10-28(11-13-29)20-3-2-19(23-24-20)27-8-6-26(7-9-27)14-15-31/h2-5,16,31H,6-15H2,1H3. The molecule has 5 rings (SSSR count). The topological polar surface area (TPSA) is 89.2 Å². The van der Waals surface area contributed by atoms with E-state index in [1.165, 1.54) is 0 Å². The van der Waals surface area contributed by atoms with Gasteiger partial charge in [-0.3, -0.25) is 4.90 Å². The summed E-state index contributed by atoms with van der Waals surface area (Å²) in [6.07, 6.45) is 3.71. The van der Waals surface area contributed by atoms with E-state index >= 15 is 0 Å². The van der Waals surface area contributed by atoms with Crippen molar-refractivity contribution < 1.29 is 5.11 Å². The minimum atomic E-state index is 0.217. The Balaban J connectivity index is 1.20. The van der Waals surface area contributed by atoms with Crippen LogP contribution in [0.15, 0.2) is 30.6 Å². The lowest BCUT2D eigenvalue weighted by atomic mass is 10.2. The first-order chi connectivity index (χ1) is 15.2. The molecule has 10 heteroatoms. The van der Waals surface area contributed by atoms with Gasteiger partial charge in [0.25, 0.3) is 0 Å². The summed E-state index contributed by atoms with van der Waals surface area (Å²) < 4.78 is 1.90. The largest absolute Gasteiger partial charge is 0.395 e. The number of aromatic nitrogens is 5. The zero-order chi connectivity index (χ0) is 21.2. The van der Waals surface area contributed by atoms with Gasteiger partial charge in [-0.1, -0.05) is 0 Å². The first kappa shape index (κ1) is 20.0. The van der Waals surface area contributed by atoms with Crippen LogP contribution < -0.4 is 14.7 Å². The number of anilines is 3. The van der Waals surface area contributed by atoms with E-state index in [4.69, 9.17) is 5.11 Å². The summed E-state index contributed by atoms with van der Waals surface area (Å²) in [5.74, 6) is 2.84. The number of hydrogen-bond acceptors (Lipinski definition) is 9. The van der Waals surface area contributed by atoms with Crippen LogP contribution in [0.1, 0.15) is 5.69 Å². The summed E-state index contributed by atoms with van der Waals surface area (Å²) in [5.41, 5.74) is 2.05. The van der Waals surface area contributed by atoms with E-state index in [0.717, 1.165) is 87.6 Å². The van der Waals surface area contributed by atoms with Crippen LogP contribution in [-0.2, 0) is 0 Å². The number of aliphatic hydroxyl groups excluding tert-OH is 1. The number of nitrogens with zero attached hydrogens (tertiary/aromatic N) is 9. The van der Waals surface area contributed by atoms with Gasteiger partial charge in [0, 0.05) is 71.3 Å². The quantitative estimate of drug-likeness (QED) is 0.621. The second kappa shape index (κ2) is 8.64. The van der Waals surface area contributed by atoms with Gasteiger partial charge in [0.1, 0.15) is 5.52 Å².